The molecule has 140 valence electrons. The van der Waals surface area contributed by atoms with Crippen molar-refractivity contribution in [2.24, 2.45) is 5.92 Å². The van der Waals surface area contributed by atoms with Crippen LogP contribution in [0.1, 0.15) is 18.4 Å². The van der Waals surface area contributed by atoms with Crippen LogP contribution >= 0.6 is 23.4 Å². The number of hydrogen-bond donors (Lipinski definition) is 1. The Morgan fingerprint density at radius 1 is 1.26 bits per heavy atom. The lowest BCUT2D eigenvalue weighted by atomic mass is 9.90. The van der Waals surface area contributed by atoms with Crippen LogP contribution in [-0.2, 0) is 11.2 Å². The topological polar surface area (TPSA) is 61.9 Å². The van der Waals surface area contributed by atoms with Gasteiger partial charge in [-0.1, -0.05) is 53.7 Å². The fraction of sp³-hybridized carbons (Fsp3) is 0.350. The van der Waals surface area contributed by atoms with Gasteiger partial charge in [0.05, 0.1) is 16.3 Å². The molecule has 5 nitrogen and oxygen atoms in total. The van der Waals surface area contributed by atoms with Crippen LogP contribution in [0, 0.1) is 5.92 Å². The summed E-state index contributed by atoms with van der Waals surface area (Å²) in [4.78, 5) is 26.2. The van der Waals surface area contributed by atoms with E-state index in [1.807, 2.05) is 4.90 Å². The molecule has 1 aliphatic heterocycles. The Kier molecular flexibility index (Phi) is 5.64. The fourth-order valence-electron chi connectivity index (χ4n) is 3.48. The molecular weight excluding hydrogens is 380 g/mol. The molecule has 1 amide bonds. The molecule has 0 bridgehead atoms. The number of rotatable bonds is 5. The third kappa shape index (κ3) is 4.62. The molecule has 0 aliphatic carbocycles. The first-order chi connectivity index (χ1) is 13.2. The first kappa shape index (κ1) is 18.3. The van der Waals surface area contributed by atoms with Gasteiger partial charge in [-0.15, -0.1) is 0 Å². The monoisotopic (exact) mass is 400 g/mol. The van der Waals surface area contributed by atoms with E-state index >= 15 is 0 Å². The van der Waals surface area contributed by atoms with Gasteiger partial charge in [0.2, 0.25) is 5.91 Å². The van der Waals surface area contributed by atoms with Crippen molar-refractivity contribution < 1.29 is 4.79 Å². The van der Waals surface area contributed by atoms with Gasteiger partial charge in [0.15, 0.2) is 10.8 Å². The number of imidazole rings is 1. The molecule has 3 aromatic rings. The molecule has 1 fully saturated rings. The van der Waals surface area contributed by atoms with Crippen molar-refractivity contribution in [1.29, 1.82) is 0 Å². The zero-order valence-electron chi connectivity index (χ0n) is 14.9. The van der Waals surface area contributed by atoms with Crippen molar-refractivity contribution in [2.45, 2.75) is 24.4 Å². The molecule has 0 radical (unpaired) electrons. The van der Waals surface area contributed by atoms with Gasteiger partial charge >= 0.3 is 0 Å². The van der Waals surface area contributed by atoms with Crippen LogP contribution in [0.5, 0.6) is 0 Å². The Morgan fingerprint density at radius 2 is 2.04 bits per heavy atom. The number of nitrogens with zero attached hydrogens (tertiary/aromatic N) is 3. The Balaban J connectivity index is 1.26. The predicted molar refractivity (Wildman–Crippen MR) is 109 cm³/mol. The first-order valence-corrected chi connectivity index (χ1v) is 10.5. The number of aromatic amines is 1. The third-order valence-electron chi connectivity index (χ3n) is 4.95. The van der Waals surface area contributed by atoms with E-state index in [2.05, 4.69) is 45.3 Å². The molecule has 3 heterocycles. The van der Waals surface area contributed by atoms with Gasteiger partial charge < -0.3 is 9.88 Å². The summed E-state index contributed by atoms with van der Waals surface area (Å²) in [6, 6.07) is 12.4. The van der Waals surface area contributed by atoms with Crippen LogP contribution in [0.2, 0.25) is 5.02 Å². The number of hydrogen-bond acceptors (Lipinski definition) is 4. The molecule has 0 spiro atoms. The summed E-state index contributed by atoms with van der Waals surface area (Å²) in [7, 11) is 0. The number of carbonyl (C=O) groups excluding carboxylic acids is 1. The predicted octanol–water partition coefficient (Wildman–Crippen LogP) is 4.18. The highest BCUT2D eigenvalue weighted by molar-refractivity contribution is 7.99. The van der Waals surface area contributed by atoms with Crippen LogP contribution < -0.4 is 0 Å². The van der Waals surface area contributed by atoms with Gasteiger partial charge in [-0.25, -0.2) is 9.97 Å². The van der Waals surface area contributed by atoms with Gasteiger partial charge in [0.25, 0.3) is 0 Å². The number of nitrogens with one attached hydrogen (secondary N) is 1. The summed E-state index contributed by atoms with van der Waals surface area (Å²) in [5.74, 6) is 1.22. The summed E-state index contributed by atoms with van der Waals surface area (Å²) < 4.78 is 0. The summed E-state index contributed by atoms with van der Waals surface area (Å²) >= 11 is 7.36. The van der Waals surface area contributed by atoms with Crippen molar-refractivity contribution in [2.75, 3.05) is 18.8 Å². The van der Waals surface area contributed by atoms with Gasteiger partial charge in [-0.05, 0) is 36.8 Å². The highest BCUT2D eigenvalue weighted by Gasteiger charge is 2.23. The number of halogens is 1. The van der Waals surface area contributed by atoms with E-state index < -0.39 is 0 Å². The van der Waals surface area contributed by atoms with E-state index in [-0.39, 0.29) is 5.91 Å². The number of carbonyl (C=O) groups is 1. The lowest BCUT2D eigenvalue weighted by molar-refractivity contribution is -0.129. The normalized spacial score (nSPS) is 15.4. The SMILES string of the molecule is O=C(CSc1nc2ncc(Cl)cc2[nH]1)N1CCC(Cc2ccccc2)CC1. The van der Waals surface area contributed by atoms with Gasteiger partial charge in [-0.2, -0.15) is 0 Å². The highest BCUT2D eigenvalue weighted by atomic mass is 35.5. The number of H-pyrrole nitrogens is 1. The van der Waals surface area contributed by atoms with E-state index in [1.54, 1.807) is 12.3 Å². The second-order valence-corrected chi connectivity index (χ2v) is 8.27. The van der Waals surface area contributed by atoms with Gasteiger partial charge in [-0.3, -0.25) is 4.79 Å². The van der Waals surface area contributed by atoms with E-state index in [0.29, 0.717) is 27.5 Å². The van der Waals surface area contributed by atoms with Crippen molar-refractivity contribution in [1.82, 2.24) is 19.9 Å². The fourth-order valence-corrected chi connectivity index (χ4v) is 4.41. The minimum atomic E-state index is 0.171. The van der Waals surface area contributed by atoms with Crippen LogP contribution in [0.3, 0.4) is 0 Å². The summed E-state index contributed by atoms with van der Waals surface area (Å²) in [5.41, 5.74) is 2.80. The summed E-state index contributed by atoms with van der Waals surface area (Å²) in [6.45, 7) is 1.68. The molecule has 1 aliphatic rings. The smallest absolute Gasteiger partial charge is 0.233 e. The van der Waals surface area contributed by atoms with Crippen molar-refractivity contribution in [3.8, 4) is 0 Å². The highest BCUT2D eigenvalue weighted by Crippen LogP contribution is 2.24. The number of fused-ring (bicyclic) bond motifs is 1. The lowest BCUT2D eigenvalue weighted by Crippen LogP contribution is -2.39. The molecule has 4 rings (SSSR count). The molecule has 2 aromatic heterocycles. The second kappa shape index (κ2) is 8.31. The lowest BCUT2D eigenvalue weighted by Gasteiger charge is -2.32. The second-order valence-electron chi connectivity index (χ2n) is 6.87. The maximum Gasteiger partial charge on any atom is 0.233 e. The largest absolute Gasteiger partial charge is 0.342 e. The molecule has 27 heavy (non-hydrogen) atoms. The van der Waals surface area contributed by atoms with Crippen LogP contribution in [-0.4, -0.2) is 44.6 Å². The molecule has 0 unspecified atom stereocenters. The number of amides is 1. The first-order valence-electron chi connectivity index (χ1n) is 9.13. The molecule has 1 aromatic carbocycles. The maximum atomic E-state index is 12.5. The Morgan fingerprint density at radius 3 is 2.81 bits per heavy atom. The zero-order valence-corrected chi connectivity index (χ0v) is 16.5. The number of thioether (sulfide) groups is 1. The minimum Gasteiger partial charge on any atom is -0.342 e. The standard InChI is InChI=1S/C20H21ClN4OS/c21-16-11-17-19(22-12-16)24-20(23-17)27-13-18(26)25-8-6-15(7-9-25)10-14-4-2-1-3-5-14/h1-5,11-12,15H,6-10,13H2,(H,22,23,24). The summed E-state index contributed by atoms with van der Waals surface area (Å²) in [6.07, 6.45) is 4.81. The number of pyridine rings is 1. The van der Waals surface area contributed by atoms with Crippen LogP contribution in [0.15, 0.2) is 47.8 Å². The van der Waals surface area contributed by atoms with Crippen LogP contribution in [0.4, 0.5) is 0 Å². The molecule has 7 heteroatoms. The van der Waals surface area contributed by atoms with Crippen molar-refractivity contribution in [3.63, 3.8) is 0 Å². The Bertz CT molecular complexity index is 922. The van der Waals surface area contributed by atoms with E-state index in [1.165, 1.54) is 17.3 Å². The number of benzene rings is 1. The van der Waals surface area contributed by atoms with Gasteiger partial charge in [0, 0.05) is 19.3 Å². The van der Waals surface area contributed by atoms with Crippen LogP contribution in [0.25, 0.3) is 11.2 Å². The third-order valence-corrected chi connectivity index (χ3v) is 6.01. The van der Waals surface area contributed by atoms with E-state index in [0.717, 1.165) is 37.9 Å². The van der Waals surface area contributed by atoms with Gasteiger partial charge in [0.1, 0.15) is 0 Å². The van der Waals surface area contributed by atoms with E-state index in [4.69, 9.17) is 11.6 Å². The minimum absolute atomic E-state index is 0.171. The maximum absolute atomic E-state index is 12.5. The number of likely N-dealkylation sites (tertiary alicyclic amines) is 1. The Hall–Kier alpha value is -2.05. The molecule has 1 N–H and O–H groups in total. The average molecular weight is 401 g/mol. The van der Waals surface area contributed by atoms with Crippen molar-refractivity contribution in [3.05, 3.63) is 53.2 Å². The summed E-state index contributed by atoms with van der Waals surface area (Å²) in [5, 5.41) is 1.27. The molecule has 1 saturated heterocycles. The molecular formula is C20H21ClN4OS. The number of piperidine rings is 1. The zero-order chi connectivity index (χ0) is 18.6. The quantitative estimate of drug-likeness (QED) is 0.652. The van der Waals surface area contributed by atoms with E-state index in [9.17, 15) is 4.79 Å². The molecule has 0 atom stereocenters. The number of aromatic nitrogens is 3. The molecule has 0 saturated carbocycles. The van der Waals surface area contributed by atoms with Crippen molar-refractivity contribution >= 4 is 40.4 Å². The Labute approximate surface area is 167 Å². The average Bonchev–Trinajstić information content (AvgIpc) is 3.09.